The normalized spacial score (nSPS) is 10.4. The van der Waals surface area contributed by atoms with Crippen molar-refractivity contribution in [3.8, 4) is 5.75 Å². The maximum atomic E-state index is 6.08. The van der Waals surface area contributed by atoms with Crippen LogP contribution in [0.3, 0.4) is 0 Å². The predicted octanol–water partition coefficient (Wildman–Crippen LogP) is 4.46. The third-order valence-corrected chi connectivity index (χ3v) is 3.18. The van der Waals surface area contributed by atoms with Crippen LogP contribution in [0.1, 0.15) is 11.1 Å². The Hall–Kier alpha value is -1.38. The molecule has 0 saturated carbocycles. The predicted molar refractivity (Wildman–Crippen MR) is 76.4 cm³/mol. The quantitative estimate of drug-likeness (QED) is 0.843. The molecule has 2 nitrogen and oxygen atoms in total. The van der Waals surface area contributed by atoms with Gasteiger partial charge in [0.2, 0.25) is 0 Å². The van der Waals surface area contributed by atoms with Crippen LogP contribution in [0, 0.1) is 6.92 Å². The number of hydrogen-bond acceptors (Lipinski definition) is 2. The van der Waals surface area contributed by atoms with Crippen LogP contribution in [0.25, 0.3) is 0 Å². The average molecular weight is 282 g/mol. The van der Waals surface area contributed by atoms with E-state index in [1.165, 1.54) is 0 Å². The minimum absolute atomic E-state index is 0.404. The van der Waals surface area contributed by atoms with Crippen LogP contribution < -0.4 is 10.5 Å². The first-order chi connectivity index (χ1) is 8.56. The summed E-state index contributed by atoms with van der Waals surface area (Å²) in [6, 6.07) is 10.9. The van der Waals surface area contributed by atoms with Crippen molar-refractivity contribution in [3.63, 3.8) is 0 Å². The molecule has 0 aromatic heterocycles. The van der Waals surface area contributed by atoms with Crippen LogP contribution in [0.15, 0.2) is 36.4 Å². The van der Waals surface area contributed by atoms with Crippen molar-refractivity contribution in [1.29, 1.82) is 0 Å². The lowest BCUT2D eigenvalue weighted by Gasteiger charge is -2.10. The van der Waals surface area contributed by atoms with Crippen molar-refractivity contribution < 1.29 is 4.74 Å². The molecule has 0 fully saturated rings. The smallest absolute Gasteiger partial charge is 0.122 e. The number of halogens is 2. The first-order valence-electron chi connectivity index (χ1n) is 5.49. The molecule has 0 aliphatic carbocycles. The van der Waals surface area contributed by atoms with Gasteiger partial charge in [-0.05, 0) is 42.8 Å². The second kappa shape index (κ2) is 5.51. The van der Waals surface area contributed by atoms with Gasteiger partial charge in [0.15, 0.2) is 0 Å². The maximum absolute atomic E-state index is 6.08. The van der Waals surface area contributed by atoms with Crippen LogP contribution >= 0.6 is 23.2 Å². The molecule has 2 aromatic carbocycles. The Morgan fingerprint density at radius 3 is 2.56 bits per heavy atom. The van der Waals surface area contributed by atoms with Crippen LogP contribution in [-0.4, -0.2) is 0 Å². The second-order valence-electron chi connectivity index (χ2n) is 4.05. The van der Waals surface area contributed by atoms with Crippen molar-refractivity contribution in [2.75, 3.05) is 5.73 Å². The monoisotopic (exact) mass is 281 g/mol. The van der Waals surface area contributed by atoms with E-state index in [4.69, 9.17) is 33.7 Å². The average Bonchev–Trinajstić information content (AvgIpc) is 2.30. The molecule has 2 rings (SSSR count). The number of benzene rings is 2. The number of nitrogen functional groups attached to an aromatic ring is 1. The summed E-state index contributed by atoms with van der Waals surface area (Å²) < 4.78 is 5.72. The van der Waals surface area contributed by atoms with Gasteiger partial charge in [-0.2, -0.15) is 0 Å². The zero-order chi connectivity index (χ0) is 13.1. The van der Waals surface area contributed by atoms with Gasteiger partial charge < -0.3 is 10.5 Å². The van der Waals surface area contributed by atoms with E-state index in [1.54, 1.807) is 12.1 Å². The largest absolute Gasteiger partial charge is 0.489 e. The number of aryl methyl sites for hydroxylation is 1. The van der Waals surface area contributed by atoms with Crippen LogP contribution in [0.4, 0.5) is 5.69 Å². The highest BCUT2D eigenvalue weighted by atomic mass is 35.5. The molecule has 2 aromatic rings. The van der Waals surface area contributed by atoms with Gasteiger partial charge in [-0.1, -0.05) is 29.3 Å². The second-order valence-corrected chi connectivity index (χ2v) is 4.89. The summed E-state index contributed by atoms with van der Waals surface area (Å²) in [5, 5.41) is 1.23. The molecule has 94 valence electrons. The Balaban J connectivity index is 2.11. The fraction of sp³-hybridized carbons (Fsp3) is 0.143. The molecule has 0 aliphatic heterocycles. The summed E-state index contributed by atoms with van der Waals surface area (Å²) in [5.41, 5.74) is 8.31. The lowest BCUT2D eigenvalue weighted by atomic mass is 10.2. The Bertz CT molecular complexity index is 518. The SMILES string of the molecule is Cc1cc(N)ccc1OCc1ccc(Cl)cc1Cl. The van der Waals surface area contributed by atoms with Crippen LogP contribution in [-0.2, 0) is 6.61 Å². The van der Waals surface area contributed by atoms with E-state index in [-0.39, 0.29) is 0 Å². The molecule has 0 saturated heterocycles. The lowest BCUT2D eigenvalue weighted by molar-refractivity contribution is 0.304. The van der Waals surface area contributed by atoms with Crippen molar-refractivity contribution in [2.24, 2.45) is 0 Å². The molecule has 0 radical (unpaired) electrons. The molecular weight excluding hydrogens is 269 g/mol. The minimum Gasteiger partial charge on any atom is -0.489 e. The molecule has 0 heterocycles. The summed E-state index contributed by atoms with van der Waals surface area (Å²) >= 11 is 11.9. The molecule has 0 bridgehead atoms. The van der Waals surface area contributed by atoms with Crippen molar-refractivity contribution in [1.82, 2.24) is 0 Å². The van der Waals surface area contributed by atoms with Crippen molar-refractivity contribution in [2.45, 2.75) is 13.5 Å². The minimum atomic E-state index is 0.404. The highest BCUT2D eigenvalue weighted by molar-refractivity contribution is 6.35. The van der Waals surface area contributed by atoms with E-state index in [0.29, 0.717) is 16.7 Å². The Labute approximate surface area is 116 Å². The Kier molecular flexibility index (Phi) is 4.00. The highest BCUT2D eigenvalue weighted by Crippen LogP contribution is 2.25. The lowest BCUT2D eigenvalue weighted by Crippen LogP contribution is -1.98. The van der Waals surface area contributed by atoms with Gasteiger partial charge in [0.25, 0.3) is 0 Å². The molecule has 2 N–H and O–H groups in total. The summed E-state index contributed by atoms with van der Waals surface area (Å²) in [7, 11) is 0. The van der Waals surface area contributed by atoms with Crippen LogP contribution in [0.5, 0.6) is 5.75 Å². The molecule has 0 spiro atoms. The van der Waals surface area contributed by atoms with E-state index in [0.717, 1.165) is 22.6 Å². The van der Waals surface area contributed by atoms with E-state index in [9.17, 15) is 0 Å². The first-order valence-corrected chi connectivity index (χ1v) is 6.24. The number of rotatable bonds is 3. The third-order valence-electron chi connectivity index (χ3n) is 2.60. The highest BCUT2D eigenvalue weighted by Gasteiger charge is 2.04. The van der Waals surface area contributed by atoms with Gasteiger partial charge >= 0.3 is 0 Å². The number of nitrogens with two attached hydrogens (primary N) is 1. The number of hydrogen-bond donors (Lipinski definition) is 1. The van der Waals surface area contributed by atoms with Crippen molar-refractivity contribution in [3.05, 3.63) is 57.6 Å². The van der Waals surface area contributed by atoms with Crippen LogP contribution in [0.2, 0.25) is 10.0 Å². The van der Waals surface area contributed by atoms with Gasteiger partial charge in [-0.25, -0.2) is 0 Å². The molecule has 4 heteroatoms. The standard InChI is InChI=1S/C14H13Cl2NO/c1-9-6-12(17)4-5-14(9)18-8-10-2-3-11(15)7-13(10)16/h2-7H,8,17H2,1H3. The fourth-order valence-corrected chi connectivity index (χ4v) is 2.09. The molecule has 0 aliphatic rings. The third kappa shape index (κ3) is 3.09. The summed E-state index contributed by atoms with van der Waals surface area (Å²) in [6.07, 6.45) is 0. The summed E-state index contributed by atoms with van der Waals surface area (Å²) in [5.74, 6) is 0.801. The number of anilines is 1. The molecule has 0 amide bonds. The maximum Gasteiger partial charge on any atom is 0.122 e. The van der Waals surface area contributed by atoms with E-state index in [2.05, 4.69) is 0 Å². The molecular formula is C14H13Cl2NO. The summed E-state index contributed by atoms with van der Waals surface area (Å²) in [6.45, 7) is 2.36. The summed E-state index contributed by atoms with van der Waals surface area (Å²) in [4.78, 5) is 0. The van der Waals surface area contributed by atoms with Gasteiger partial charge in [-0.15, -0.1) is 0 Å². The van der Waals surface area contributed by atoms with Gasteiger partial charge in [0.05, 0.1) is 0 Å². The molecule has 18 heavy (non-hydrogen) atoms. The zero-order valence-electron chi connectivity index (χ0n) is 9.91. The molecule has 0 atom stereocenters. The van der Waals surface area contributed by atoms with E-state index < -0.39 is 0 Å². The Morgan fingerprint density at radius 1 is 1.11 bits per heavy atom. The first kappa shape index (κ1) is 13.1. The van der Waals surface area contributed by atoms with E-state index in [1.807, 2.05) is 31.2 Å². The topological polar surface area (TPSA) is 35.2 Å². The number of ether oxygens (including phenoxy) is 1. The fourth-order valence-electron chi connectivity index (χ4n) is 1.63. The zero-order valence-corrected chi connectivity index (χ0v) is 11.4. The van der Waals surface area contributed by atoms with Crippen molar-refractivity contribution >= 4 is 28.9 Å². The molecule has 0 unspecified atom stereocenters. The van der Waals surface area contributed by atoms with Gasteiger partial charge in [0, 0.05) is 21.3 Å². The van der Waals surface area contributed by atoms with Gasteiger partial charge in [0.1, 0.15) is 12.4 Å². The Morgan fingerprint density at radius 2 is 1.89 bits per heavy atom. The van der Waals surface area contributed by atoms with Gasteiger partial charge in [-0.3, -0.25) is 0 Å². The van der Waals surface area contributed by atoms with E-state index >= 15 is 0 Å².